The average Bonchev–Trinajstić information content (AvgIpc) is 4.06. The van der Waals surface area contributed by atoms with E-state index in [0.29, 0.717) is 88.9 Å². The van der Waals surface area contributed by atoms with Gasteiger partial charge in [0, 0.05) is 113 Å². The molecule has 3 saturated heterocycles. The van der Waals surface area contributed by atoms with Gasteiger partial charge in [0.2, 0.25) is 17.7 Å². The second-order valence-electron chi connectivity index (χ2n) is 19.6. The van der Waals surface area contributed by atoms with E-state index in [4.69, 9.17) is 19.2 Å². The Labute approximate surface area is 443 Å². The van der Waals surface area contributed by atoms with Crippen LogP contribution in [-0.2, 0) is 35.9 Å². The maximum absolute atomic E-state index is 13.6. The number of pyridine rings is 1. The quantitative estimate of drug-likeness (QED) is 0.0470. The summed E-state index contributed by atoms with van der Waals surface area (Å²) in [6, 6.07) is 24.1. The van der Waals surface area contributed by atoms with Crippen LogP contribution >= 0.6 is 12.4 Å². The molecule has 0 aliphatic carbocycles. The monoisotopic (exact) mass is 1050 g/mol. The largest absolute Gasteiger partial charge is 0.494 e. The number of hydrogen-bond donors (Lipinski definition) is 4. The lowest BCUT2D eigenvalue weighted by molar-refractivity contribution is -0.137. The highest BCUT2D eigenvalue weighted by atomic mass is 35.5. The molecule has 4 N–H and O–H groups in total. The van der Waals surface area contributed by atoms with Gasteiger partial charge in [-0.05, 0) is 131 Å². The standard InChI is InChI=1S/C55H67N11O8.ClH/c1-38(57-51(69)41-8-6-9-43(34-41)60-55(20-24-63(2)25-21-55)54-59-50(61-62-54)40-18-22-56-23-19-40)39-10-13-45(14-11-39)74-33-5-3-4-30-72-31-7-32-73-37-49(68)65-28-26-64(27-29-65)44-12-15-46-42(35-44)36-66(53(46)71)47-16-17-48(67)58-52(47)70;/h6,8-15,18-19,22-23,34-35,38,47,60H,3-5,7,16-17,20-21,24-33,36-37H2,1-2H3,(H,57,69)(H,58,67,70)(H,59,61,62);1H/t38-,47?;/m1./s1. The molecule has 5 amide bonds. The van der Waals surface area contributed by atoms with Crippen LogP contribution in [0.2, 0.25) is 0 Å². The number of anilines is 2. The number of imide groups is 1. The number of benzene rings is 3. The molecule has 4 aliphatic heterocycles. The van der Waals surface area contributed by atoms with E-state index in [9.17, 15) is 24.0 Å². The number of hydrogen-bond acceptors (Lipinski definition) is 14. The lowest BCUT2D eigenvalue weighted by Gasteiger charge is -2.40. The minimum absolute atomic E-state index is 0. The number of H-pyrrole nitrogens is 1. The van der Waals surface area contributed by atoms with Crippen molar-refractivity contribution in [3.8, 4) is 17.1 Å². The highest BCUT2D eigenvalue weighted by Crippen LogP contribution is 2.36. The summed E-state index contributed by atoms with van der Waals surface area (Å²) < 4.78 is 17.5. The molecule has 4 aliphatic rings. The fourth-order valence-electron chi connectivity index (χ4n) is 10.0. The van der Waals surface area contributed by atoms with E-state index < -0.39 is 17.5 Å². The SMILES string of the molecule is C[C@@H](NC(=O)c1cccc(NC2(c3nc(-c4ccncc4)n[nH]3)CCN(C)CC2)c1)c1ccc(OCCCCCOCCCOCC(=O)N2CCN(c3ccc4c(c3)CN(C3CCC(=O)NC3=O)C4=O)CC2)cc1.Cl. The van der Waals surface area contributed by atoms with Gasteiger partial charge in [0.15, 0.2) is 11.6 Å². The molecule has 2 atom stereocenters. The molecule has 0 spiro atoms. The molecule has 3 fully saturated rings. The number of halogens is 1. The lowest BCUT2D eigenvalue weighted by Crippen LogP contribution is -2.52. The van der Waals surface area contributed by atoms with E-state index in [0.717, 1.165) is 84.8 Å². The van der Waals surface area contributed by atoms with Gasteiger partial charge in [-0.1, -0.05) is 18.2 Å². The smallest absolute Gasteiger partial charge is 0.255 e. The van der Waals surface area contributed by atoms with Crippen LogP contribution in [0.4, 0.5) is 11.4 Å². The average molecular weight is 1050 g/mol. The Morgan fingerprint density at radius 1 is 0.840 bits per heavy atom. The molecule has 0 radical (unpaired) electrons. The first-order chi connectivity index (χ1) is 36.0. The summed E-state index contributed by atoms with van der Waals surface area (Å²) >= 11 is 0. The molecule has 75 heavy (non-hydrogen) atoms. The zero-order valence-corrected chi connectivity index (χ0v) is 43.6. The second kappa shape index (κ2) is 25.5. The summed E-state index contributed by atoms with van der Waals surface area (Å²) in [5.41, 5.74) is 5.21. The lowest BCUT2D eigenvalue weighted by atomic mass is 9.86. The number of piperidine rings is 2. The Balaban J connectivity index is 0.00000747. The van der Waals surface area contributed by atoms with Crippen LogP contribution in [0.25, 0.3) is 11.4 Å². The van der Waals surface area contributed by atoms with Gasteiger partial charge in [0.25, 0.3) is 11.8 Å². The number of piperazine rings is 1. The molecule has 19 nitrogen and oxygen atoms in total. The number of nitrogens with zero attached hydrogens (tertiary/aromatic N) is 7. The van der Waals surface area contributed by atoms with Crippen LogP contribution in [0.5, 0.6) is 5.75 Å². The molecule has 20 heteroatoms. The number of amides is 5. The van der Waals surface area contributed by atoms with Gasteiger partial charge in [-0.15, -0.1) is 12.4 Å². The molecule has 0 saturated carbocycles. The molecule has 3 aromatic carbocycles. The molecular formula is C55H68ClN11O8. The van der Waals surface area contributed by atoms with E-state index in [1.807, 2.05) is 90.7 Å². The number of aromatic amines is 1. The van der Waals surface area contributed by atoms with Gasteiger partial charge in [-0.2, -0.15) is 5.10 Å². The van der Waals surface area contributed by atoms with Crippen LogP contribution in [0, 0.1) is 0 Å². The summed E-state index contributed by atoms with van der Waals surface area (Å²) in [6.45, 7) is 8.81. The maximum Gasteiger partial charge on any atom is 0.255 e. The van der Waals surface area contributed by atoms with E-state index in [2.05, 4.69) is 48.0 Å². The minimum Gasteiger partial charge on any atom is -0.494 e. The first kappa shape index (κ1) is 54.3. The highest BCUT2D eigenvalue weighted by Gasteiger charge is 2.40. The maximum atomic E-state index is 13.6. The number of unbranched alkanes of at least 4 members (excludes halogenated alkanes) is 2. The van der Waals surface area contributed by atoms with Crippen LogP contribution in [0.3, 0.4) is 0 Å². The van der Waals surface area contributed by atoms with E-state index in [1.54, 1.807) is 17.3 Å². The topological polar surface area (TPSA) is 217 Å². The summed E-state index contributed by atoms with van der Waals surface area (Å²) in [7, 11) is 2.12. The molecule has 0 bridgehead atoms. The Kier molecular flexibility index (Phi) is 18.5. The number of carbonyl (C=O) groups excluding carboxylic acids is 5. The van der Waals surface area contributed by atoms with Crippen LogP contribution in [0.15, 0.2) is 91.3 Å². The second-order valence-corrected chi connectivity index (χ2v) is 19.6. The molecular weight excluding hydrogens is 978 g/mol. The predicted molar refractivity (Wildman–Crippen MR) is 285 cm³/mol. The number of rotatable bonds is 22. The zero-order valence-electron chi connectivity index (χ0n) is 42.8. The normalized spacial score (nSPS) is 18.0. The molecule has 1 unspecified atom stereocenters. The highest BCUT2D eigenvalue weighted by molar-refractivity contribution is 6.05. The van der Waals surface area contributed by atoms with Crippen LogP contribution in [0.1, 0.15) is 102 Å². The first-order valence-electron chi connectivity index (χ1n) is 25.9. The van der Waals surface area contributed by atoms with Crippen LogP contribution in [-0.4, -0.2) is 150 Å². The van der Waals surface area contributed by atoms with Crippen molar-refractivity contribution in [2.75, 3.05) is 89.6 Å². The van der Waals surface area contributed by atoms with E-state index in [-0.39, 0.29) is 55.1 Å². The van der Waals surface area contributed by atoms with Gasteiger partial charge in [-0.25, -0.2) is 4.98 Å². The van der Waals surface area contributed by atoms with Gasteiger partial charge in [-0.3, -0.25) is 39.4 Å². The third kappa shape index (κ3) is 13.7. The summed E-state index contributed by atoms with van der Waals surface area (Å²) in [5, 5.41) is 17.0. The van der Waals surface area contributed by atoms with Crippen molar-refractivity contribution in [2.24, 2.45) is 0 Å². The third-order valence-electron chi connectivity index (χ3n) is 14.5. The number of likely N-dealkylation sites (tertiary alicyclic amines) is 1. The molecule has 2 aromatic heterocycles. The molecule has 6 heterocycles. The van der Waals surface area contributed by atoms with Crippen LogP contribution < -0.4 is 25.6 Å². The Morgan fingerprint density at radius 2 is 1.59 bits per heavy atom. The van der Waals surface area contributed by atoms with E-state index in [1.165, 1.54) is 0 Å². The number of carbonyl (C=O) groups is 5. The van der Waals surface area contributed by atoms with Crippen molar-refractivity contribution in [3.05, 3.63) is 119 Å². The molecule has 5 aromatic rings. The summed E-state index contributed by atoms with van der Waals surface area (Å²) in [4.78, 5) is 80.5. The minimum atomic E-state index is -0.643. The van der Waals surface area contributed by atoms with Gasteiger partial charge in [0.05, 0.1) is 18.2 Å². The molecule has 398 valence electrons. The Morgan fingerprint density at radius 3 is 2.36 bits per heavy atom. The number of ether oxygens (including phenoxy) is 3. The number of fused-ring (bicyclic) bond motifs is 1. The fraction of sp³-hybridized carbons (Fsp3) is 0.455. The summed E-state index contributed by atoms with van der Waals surface area (Å²) in [5.74, 6) is 1.06. The van der Waals surface area contributed by atoms with Gasteiger partial charge >= 0.3 is 0 Å². The summed E-state index contributed by atoms with van der Waals surface area (Å²) in [6.07, 6.45) is 9.13. The number of nitrogens with one attached hydrogen (secondary N) is 4. The fourth-order valence-corrected chi connectivity index (χ4v) is 10.0. The van der Waals surface area contributed by atoms with Crippen molar-refractivity contribution < 1.29 is 38.2 Å². The Hall–Kier alpha value is -6.93. The Bertz CT molecular complexity index is 2750. The third-order valence-corrected chi connectivity index (χ3v) is 14.5. The number of aromatic nitrogens is 4. The predicted octanol–water partition coefficient (Wildman–Crippen LogP) is 5.89. The van der Waals surface area contributed by atoms with Gasteiger partial charge < -0.3 is 44.4 Å². The van der Waals surface area contributed by atoms with Crippen molar-refractivity contribution in [1.29, 1.82) is 0 Å². The van der Waals surface area contributed by atoms with Gasteiger partial charge in [0.1, 0.15) is 18.4 Å². The zero-order chi connectivity index (χ0) is 51.4. The van der Waals surface area contributed by atoms with Crippen molar-refractivity contribution in [2.45, 2.75) is 82.5 Å². The first-order valence-corrected chi connectivity index (χ1v) is 25.9. The van der Waals surface area contributed by atoms with E-state index >= 15 is 0 Å². The van der Waals surface area contributed by atoms with Crippen molar-refractivity contribution >= 4 is 53.3 Å². The van der Waals surface area contributed by atoms with Crippen molar-refractivity contribution in [3.63, 3.8) is 0 Å². The molecule has 9 rings (SSSR count). The van der Waals surface area contributed by atoms with Crippen molar-refractivity contribution in [1.82, 2.24) is 45.5 Å².